The van der Waals surface area contributed by atoms with Crippen LogP contribution in [0.4, 0.5) is 26.3 Å². The Balaban J connectivity index is 2.42. The molecule has 2 rings (SSSR count). The van der Waals surface area contributed by atoms with Gasteiger partial charge in [0.1, 0.15) is 18.9 Å². The molecule has 0 aliphatic rings. The Hall–Kier alpha value is -3.36. The average molecular weight is 460 g/mol. The van der Waals surface area contributed by atoms with Crippen LogP contribution >= 0.6 is 0 Å². The van der Waals surface area contributed by atoms with Crippen molar-refractivity contribution in [2.75, 3.05) is 13.6 Å². The summed E-state index contributed by atoms with van der Waals surface area (Å²) >= 11 is 0. The van der Waals surface area contributed by atoms with Crippen molar-refractivity contribution in [3.8, 4) is 17.3 Å². The van der Waals surface area contributed by atoms with Crippen molar-refractivity contribution in [2.45, 2.75) is 38.2 Å². The number of carbonyl (C=O) groups excluding carboxylic acids is 1. The molecule has 0 N–H and O–H groups in total. The number of carbonyl (C=O) groups is 1. The monoisotopic (exact) mass is 460 g/mol. The van der Waals surface area contributed by atoms with Crippen molar-refractivity contribution in [1.82, 2.24) is 14.5 Å². The first-order chi connectivity index (χ1) is 14.8. The maximum absolute atomic E-state index is 12.8. The van der Waals surface area contributed by atoms with Crippen LogP contribution in [0.15, 0.2) is 35.1 Å². The first-order valence-electron chi connectivity index (χ1n) is 9.28. The lowest BCUT2D eigenvalue weighted by Crippen LogP contribution is -2.36. The van der Waals surface area contributed by atoms with Crippen LogP contribution in [0.2, 0.25) is 0 Å². The highest BCUT2D eigenvalue weighted by molar-refractivity contribution is 5.76. The van der Waals surface area contributed by atoms with Crippen LogP contribution in [0.5, 0.6) is 0 Å². The molecule has 6 nitrogen and oxygen atoms in total. The van der Waals surface area contributed by atoms with Gasteiger partial charge in [-0.25, -0.2) is 4.98 Å². The molecule has 0 aliphatic heterocycles. The van der Waals surface area contributed by atoms with E-state index in [4.69, 9.17) is 5.26 Å². The number of aryl methyl sites for hydroxylation is 1. The highest BCUT2D eigenvalue weighted by Gasteiger charge is 2.30. The molecule has 0 spiro atoms. The Morgan fingerprint density at radius 3 is 2.31 bits per heavy atom. The van der Waals surface area contributed by atoms with Crippen LogP contribution in [0.1, 0.15) is 24.2 Å². The van der Waals surface area contributed by atoms with E-state index in [1.54, 1.807) is 6.07 Å². The number of aromatic nitrogens is 2. The maximum Gasteiger partial charge on any atom is 0.416 e. The van der Waals surface area contributed by atoms with Crippen LogP contribution in [0.25, 0.3) is 11.3 Å². The number of likely N-dealkylation sites (N-methyl/N-ethyl adjacent to an activating group) is 1. The third kappa shape index (κ3) is 6.83. The Morgan fingerprint density at radius 1 is 1.16 bits per heavy atom. The second-order valence-electron chi connectivity index (χ2n) is 6.93. The van der Waals surface area contributed by atoms with Gasteiger partial charge in [0, 0.05) is 31.5 Å². The topological polar surface area (TPSA) is 79.0 Å². The molecule has 0 saturated carbocycles. The van der Waals surface area contributed by atoms with Gasteiger partial charge in [0.2, 0.25) is 5.91 Å². The molecule has 0 radical (unpaired) electrons. The minimum atomic E-state index is -4.56. The Labute approximate surface area is 178 Å². The van der Waals surface area contributed by atoms with Gasteiger partial charge >= 0.3 is 12.4 Å². The lowest BCUT2D eigenvalue weighted by atomic mass is 10.1. The molecule has 0 saturated heterocycles. The minimum absolute atomic E-state index is 0.0280. The third-order valence-corrected chi connectivity index (χ3v) is 4.48. The Bertz CT molecular complexity index is 1050. The van der Waals surface area contributed by atoms with E-state index in [0.29, 0.717) is 0 Å². The van der Waals surface area contributed by atoms with Gasteiger partial charge in [-0.2, -0.15) is 31.6 Å². The lowest BCUT2D eigenvalue weighted by Gasteiger charge is -2.17. The van der Waals surface area contributed by atoms with Crippen molar-refractivity contribution < 1.29 is 31.1 Å². The number of rotatable bonds is 7. The lowest BCUT2D eigenvalue weighted by molar-refractivity contribution is -0.137. The van der Waals surface area contributed by atoms with Crippen molar-refractivity contribution >= 4 is 5.91 Å². The fourth-order valence-corrected chi connectivity index (χ4v) is 2.79. The van der Waals surface area contributed by atoms with Gasteiger partial charge < -0.3 is 4.90 Å². The summed E-state index contributed by atoms with van der Waals surface area (Å²) in [6.45, 7) is -0.799. The number of halogens is 6. The molecular weight excluding hydrogens is 442 g/mol. The molecule has 0 aliphatic carbocycles. The standard InChI is InChI=1S/C20H18F6N4O2/c1-29(10-9-27)18(32)12-30-16(3-2-8-19(21,22)23)28-15(11-17(30)31)13-4-6-14(7-5-13)20(24,25)26/h4-7,11H,2-3,8,10,12H2,1H3. The fourth-order valence-electron chi connectivity index (χ4n) is 2.79. The normalized spacial score (nSPS) is 11.8. The number of nitriles is 1. The van der Waals surface area contributed by atoms with E-state index >= 15 is 0 Å². The Morgan fingerprint density at radius 2 is 1.78 bits per heavy atom. The summed E-state index contributed by atoms with van der Waals surface area (Å²) in [7, 11) is 1.32. The van der Waals surface area contributed by atoms with Crippen LogP contribution in [-0.2, 0) is 23.9 Å². The summed E-state index contributed by atoms with van der Waals surface area (Å²) in [5, 5.41) is 8.68. The van der Waals surface area contributed by atoms with Gasteiger partial charge in [-0.3, -0.25) is 14.2 Å². The van der Waals surface area contributed by atoms with E-state index in [-0.39, 0.29) is 30.0 Å². The maximum atomic E-state index is 12.8. The highest BCUT2D eigenvalue weighted by atomic mass is 19.4. The molecule has 1 heterocycles. The molecule has 32 heavy (non-hydrogen) atoms. The predicted octanol–water partition coefficient (Wildman–Crippen LogP) is 3.80. The molecule has 0 unspecified atom stereocenters. The van der Waals surface area contributed by atoms with E-state index in [1.165, 1.54) is 7.05 Å². The van der Waals surface area contributed by atoms with Gasteiger partial charge in [-0.15, -0.1) is 0 Å². The van der Waals surface area contributed by atoms with Gasteiger partial charge in [-0.1, -0.05) is 12.1 Å². The van der Waals surface area contributed by atoms with Gasteiger partial charge in [0.15, 0.2) is 0 Å². The summed E-state index contributed by atoms with van der Waals surface area (Å²) in [6.07, 6.45) is -10.8. The van der Waals surface area contributed by atoms with E-state index in [0.717, 1.165) is 39.8 Å². The number of alkyl halides is 6. The van der Waals surface area contributed by atoms with Gasteiger partial charge in [-0.05, 0) is 18.6 Å². The van der Waals surface area contributed by atoms with E-state index < -0.39 is 48.8 Å². The summed E-state index contributed by atoms with van der Waals surface area (Å²) in [5.41, 5.74) is -1.53. The third-order valence-electron chi connectivity index (χ3n) is 4.48. The van der Waals surface area contributed by atoms with Crippen LogP contribution in [-0.4, -0.2) is 40.1 Å². The summed E-state index contributed by atoms with van der Waals surface area (Å²) < 4.78 is 76.8. The van der Waals surface area contributed by atoms with Crippen molar-refractivity contribution in [3.63, 3.8) is 0 Å². The summed E-state index contributed by atoms with van der Waals surface area (Å²) in [4.78, 5) is 30.0. The smallest absolute Gasteiger partial charge is 0.331 e. The van der Waals surface area contributed by atoms with Crippen LogP contribution < -0.4 is 5.56 Å². The highest BCUT2D eigenvalue weighted by Crippen LogP contribution is 2.30. The molecule has 0 fully saturated rings. The zero-order valence-electron chi connectivity index (χ0n) is 16.8. The second kappa shape index (κ2) is 9.84. The van der Waals surface area contributed by atoms with Gasteiger partial charge in [0.25, 0.3) is 5.56 Å². The largest absolute Gasteiger partial charge is 0.416 e. The van der Waals surface area contributed by atoms with Crippen LogP contribution in [0, 0.1) is 11.3 Å². The molecule has 12 heteroatoms. The Kier molecular flexibility index (Phi) is 7.66. The SMILES string of the molecule is CN(CC#N)C(=O)Cn1c(CCCC(F)(F)F)nc(-c2ccc(C(F)(F)F)cc2)cc1=O. The molecule has 0 atom stereocenters. The molecule has 1 aromatic heterocycles. The molecule has 1 amide bonds. The number of hydrogen-bond acceptors (Lipinski definition) is 4. The second-order valence-corrected chi connectivity index (χ2v) is 6.93. The fraction of sp³-hybridized carbons (Fsp3) is 0.400. The molecule has 0 bridgehead atoms. The zero-order valence-corrected chi connectivity index (χ0v) is 16.8. The zero-order chi connectivity index (χ0) is 24.1. The summed E-state index contributed by atoms with van der Waals surface area (Å²) in [6, 6.07) is 6.54. The van der Waals surface area contributed by atoms with Crippen molar-refractivity contribution in [2.24, 2.45) is 0 Å². The molecule has 1 aromatic carbocycles. The van der Waals surface area contributed by atoms with Crippen molar-refractivity contribution in [3.05, 3.63) is 52.1 Å². The van der Waals surface area contributed by atoms with E-state index in [2.05, 4.69) is 4.98 Å². The molecule has 172 valence electrons. The molecular formula is C20H18F6N4O2. The number of benzene rings is 1. The van der Waals surface area contributed by atoms with Gasteiger partial charge in [0.05, 0.1) is 17.3 Å². The predicted molar refractivity (Wildman–Crippen MR) is 101 cm³/mol. The number of nitrogens with zero attached hydrogens (tertiary/aromatic N) is 4. The van der Waals surface area contributed by atoms with E-state index in [1.807, 2.05) is 0 Å². The van der Waals surface area contributed by atoms with Crippen LogP contribution in [0.3, 0.4) is 0 Å². The quantitative estimate of drug-likeness (QED) is 0.465. The van der Waals surface area contributed by atoms with E-state index in [9.17, 15) is 35.9 Å². The summed E-state index contributed by atoms with van der Waals surface area (Å²) in [5.74, 6) is -0.745. The van der Waals surface area contributed by atoms with Crippen molar-refractivity contribution in [1.29, 1.82) is 5.26 Å². The number of amides is 1. The first-order valence-corrected chi connectivity index (χ1v) is 9.28. The number of hydrogen-bond donors (Lipinski definition) is 0. The minimum Gasteiger partial charge on any atom is -0.331 e. The first kappa shape index (κ1) is 24.9. The average Bonchev–Trinajstić information content (AvgIpc) is 2.68. The molecule has 2 aromatic rings.